The van der Waals surface area contributed by atoms with E-state index in [1.54, 1.807) is 0 Å². The van der Waals surface area contributed by atoms with Gasteiger partial charge in [-0.1, -0.05) is 57.0 Å². The highest BCUT2D eigenvalue weighted by Crippen LogP contribution is 2.06. The van der Waals surface area contributed by atoms with E-state index in [9.17, 15) is 0 Å². The maximum atomic E-state index is 5.53. The van der Waals surface area contributed by atoms with Crippen LogP contribution in [0.5, 0.6) is 0 Å². The highest BCUT2D eigenvalue weighted by atomic mass is 35.5. The van der Waals surface area contributed by atoms with E-state index in [2.05, 4.69) is 25.6 Å². The van der Waals surface area contributed by atoms with Gasteiger partial charge in [-0.05, 0) is 29.9 Å². The van der Waals surface area contributed by atoms with Crippen molar-refractivity contribution < 1.29 is 0 Å². The lowest BCUT2D eigenvalue weighted by Gasteiger charge is -1.96. The van der Waals surface area contributed by atoms with Gasteiger partial charge in [0.2, 0.25) is 0 Å². The van der Waals surface area contributed by atoms with Gasteiger partial charge in [0, 0.05) is 5.88 Å². The van der Waals surface area contributed by atoms with E-state index in [1.165, 1.54) is 42.8 Å². The van der Waals surface area contributed by atoms with Crippen molar-refractivity contribution in [2.75, 3.05) is 11.5 Å². The minimum atomic E-state index is 0.612. The molecular formula is C15H25ClS. The summed E-state index contributed by atoms with van der Waals surface area (Å²) in [6.45, 7) is 4.50. The Labute approximate surface area is 116 Å². The Kier molecular flexibility index (Phi) is 13.8. The molecule has 1 aromatic rings. The summed E-state index contributed by atoms with van der Waals surface area (Å²) >= 11 is 7.63. The molecule has 0 aliphatic heterocycles. The number of benzene rings is 1. The Hall–Kier alpha value is -0.140. The van der Waals surface area contributed by atoms with Gasteiger partial charge in [-0.3, -0.25) is 0 Å². The molecule has 0 aliphatic carbocycles. The molecule has 0 heterocycles. The first-order chi connectivity index (χ1) is 8.35. The molecule has 0 fully saturated rings. The van der Waals surface area contributed by atoms with Crippen LogP contribution in [0, 0.1) is 0 Å². The monoisotopic (exact) mass is 272 g/mol. The SMILES string of the molecule is CCCCSCCCC.ClCc1ccccc1. The molecule has 98 valence electrons. The van der Waals surface area contributed by atoms with E-state index in [-0.39, 0.29) is 0 Å². The van der Waals surface area contributed by atoms with E-state index in [1.807, 2.05) is 30.3 Å². The van der Waals surface area contributed by atoms with Crippen molar-refractivity contribution in [2.45, 2.75) is 45.4 Å². The molecule has 0 saturated carbocycles. The van der Waals surface area contributed by atoms with Gasteiger partial charge in [0.05, 0.1) is 0 Å². The molecule has 0 aliphatic rings. The minimum Gasteiger partial charge on any atom is -0.162 e. The molecule has 1 rings (SSSR count). The fourth-order valence-corrected chi connectivity index (χ4v) is 2.53. The summed E-state index contributed by atoms with van der Waals surface area (Å²) in [7, 11) is 0. The summed E-state index contributed by atoms with van der Waals surface area (Å²) in [5.74, 6) is 3.35. The maximum Gasteiger partial charge on any atom is 0.0474 e. The third kappa shape index (κ3) is 12.1. The largest absolute Gasteiger partial charge is 0.162 e. The number of unbranched alkanes of at least 4 members (excludes halogenated alkanes) is 2. The summed E-state index contributed by atoms with van der Waals surface area (Å²) in [5.41, 5.74) is 1.18. The fourth-order valence-electron chi connectivity index (χ4n) is 1.16. The number of hydrogen-bond acceptors (Lipinski definition) is 1. The average Bonchev–Trinajstić information content (AvgIpc) is 2.40. The Morgan fingerprint density at radius 3 is 1.82 bits per heavy atom. The van der Waals surface area contributed by atoms with Crippen LogP contribution in [0.2, 0.25) is 0 Å². The normalized spacial score (nSPS) is 9.59. The number of halogens is 1. The smallest absolute Gasteiger partial charge is 0.0474 e. The summed E-state index contributed by atoms with van der Waals surface area (Å²) in [4.78, 5) is 0. The predicted molar refractivity (Wildman–Crippen MR) is 83.1 cm³/mol. The molecule has 0 aromatic heterocycles. The minimum absolute atomic E-state index is 0.612. The maximum absolute atomic E-state index is 5.53. The van der Waals surface area contributed by atoms with Crippen molar-refractivity contribution in [3.63, 3.8) is 0 Å². The lowest BCUT2D eigenvalue weighted by Crippen LogP contribution is -1.81. The van der Waals surface area contributed by atoms with Crippen LogP contribution in [0.25, 0.3) is 0 Å². The van der Waals surface area contributed by atoms with Crippen LogP contribution in [-0.4, -0.2) is 11.5 Å². The Bertz CT molecular complexity index is 230. The Balaban J connectivity index is 0.000000302. The highest BCUT2D eigenvalue weighted by molar-refractivity contribution is 7.99. The first-order valence-corrected chi connectivity index (χ1v) is 8.21. The molecule has 0 spiro atoms. The third-order valence-corrected chi connectivity index (χ3v) is 3.74. The quantitative estimate of drug-likeness (QED) is 0.450. The van der Waals surface area contributed by atoms with Crippen molar-refractivity contribution in [3.05, 3.63) is 35.9 Å². The van der Waals surface area contributed by atoms with Gasteiger partial charge in [0.25, 0.3) is 0 Å². The summed E-state index contributed by atoms with van der Waals surface area (Å²) in [5, 5.41) is 0. The molecule has 17 heavy (non-hydrogen) atoms. The number of rotatable bonds is 7. The molecule has 1 aromatic carbocycles. The molecule has 0 atom stereocenters. The third-order valence-electron chi connectivity index (χ3n) is 2.28. The van der Waals surface area contributed by atoms with Crippen LogP contribution in [0.1, 0.15) is 45.1 Å². The second-order valence-electron chi connectivity index (χ2n) is 3.94. The molecule has 0 nitrogen and oxygen atoms in total. The van der Waals surface area contributed by atoms with Crippen molar-refractivity contribution in [1.82, 2.24) is 0 Å². The molecule has 0 radical (unpaired) electrons. The summed E-state index contributed by atoms with van der Waals surface area (Å²) < 4.78 is 0. The van der Waals surface area contributed by atoms with Crippen LogP contribution in [0.4, 0.5) is 0 Å². The van der Waals surface area contributed by atoms with Crippen molar-refractivity contribution in [1.29, 1.82) is 0 Å². The van der Waals surface area contributed by atoms with Gasteiger partial charge < -0.3 is 0 Å². The van der Waals surface area contributed by atoms with Crippen molar-refractivity contribution >= 4 is 23.4 Å². The van der Waals surface area contributed by atoms with Gasteiger partial charge >= 0.3 is 0 Å². The molecule has 0 bridgehead atoms. The number of alkyl halides is 1. The summed E-state index contributed by atoms with van der Waals surface area (Å²) in [6.07, 6.45) is 5.49. The topological polar surface area (TPSA) is 0 Å². The van der Waals surface area contributed by atoms with E-state index in [0.29, 0.717) is 5.88 Å². The van der Waals surface area contributed by atoms with Crippen LogP contribution >= 0.6 is 23.4 Å². The van der Waals surface area contributed by atoms with E-state index >= 15 is 0 Å². The van der Waals surface area contributed by atoms with Crippen LogP contribution < -0.4 is 0 Å². The predicted octanol–water partition coefficient (Wildman–Crippen LogP) is 5.75. The average molecular weight is 273 g/mol. The highest BCUT2D eigenvalue weighted by Gasteiger charge is 1.85. The lowest BCUT2D eigenvalue weighted by molar-refractivity contribution is 0.879. The number of hydrogen-bond donors (Lipinski definition) is 0. The van der Waals surface area contributed by atoms with Crippen molar-refractivity contribution in [2.24, 2.45) is 0 Å². The molecule has 0 saturated heterocycles. The molecular weight excluding hydrogens is 248 g/mol. The number of thioether (sulfide) groups is 1. The zero-order valence-electron chi connectivity index (χ0n) is 11.1. The first kappa shape index (κ1) is 16.9. The van der Waals surface area contributed by atoms with Crippen LogP contribution in [0.3, 0.4) is 0 Å². The molecule has 0 amide bonds. The van der Waals surface area contributed by atoms with Crippen LogP contribution in [-0.2, 0) is 5.88 Å². The van der Waals surface area contributed by atoms with E-state index in [4.69, 9.17) is 11.6 Å². The molecule has 0 unspecified atom stereocenters. The van der Waals surface area contributed by atoms with Gasteiger partial charge in [-0.25, -0.2) is 0 Å². The second kappa shape index (κ2) is 13.9. The standard InChI is InChI=1S/C8H18S.C7H7Cl/c1-3-5-7-9-8-6-4-2;8-6-7-4-2-1-3-5-7/h3-8H2,1-2H3;1-5H,6H2. The van der Waals surface area contributed by atoms with Crippen molar-refractivity contribution in [3.8, 4) is 0 Å². The zero-order valence-corrected chi connectivity index (χ0v) is 12.7. The first-order valence-electron chi connectivity index (χ1n) is 6.52. The van der Waals surface area contributed by atoms with E-state index < -0.39 is 0 Å². The van der Waals surface area contributed by atoms with Gasteiger partial charge in [0.1, 0.15) is 0 Å². The molecule has 0 N–H and O–H groups in total. The second-order valence-corrected chi connectivity index (χ2v) is 5.43. The summed E-state index contributed by atoms with van der Waals surface area (Å²) in [6, 6.07) is 9.96. The fraction of sp³-hybridized carbons (Fsp3) is 0.600. The van der Waals surface area contributed by atoms with E-state index in [0.717, 1.165) is 0 Å². The lowest BCUT2D eigenvalue weighted by atomic mass is 10.2. The molecule has 2 heteroatoms. The Morgan fingerprint density at radius 2 is 1.47 bits per heavy atom. The zero-order chi connectivity index (χ0) is 12.8. The Morgan fingerprint density at radius 1 is 0.941 bits per heavy atom. The van der Waals surface area contributed by atoms with Crippen LogP contribution in [0.15, 0.2) is 30.3 Å². The van der Waals surface area contributed by atoms with Gasteiger partial charge in [-0.2, -0.15) is 11.8 Å². The van der Waals surface area contributed by atoms with Gasteiger partial charge in [-0.15, -0.1) is 11.6 Å². The van der Waals surface area contributed by atoms with Gasteiger partial charge in [0.15, 0.2) is 0 Å².